The number of benzene rings is 2. The third-order valence-corrected chi connectivity index (χ3v) is 4.89. The number of amides is 1. The molecular formula is C24H26F3NO5. The Bertz CT molecular complexity index is 929. The van der Waals surface area contributed by atoms with Gasteiger partial charge in [-0.05, 0) is 29.5 Å². The lowest BCUT2D eigenvalue weighted by Crippen LogP contribution is -2.39. The lowest BCUT2D eigenvalue weighted by molar-refractivity contribution is -0.189. The largest absolute Gasteiger partial charge is 0.481 e. The standard InChI is InChI=1S/C24H26F3NO5/c1-16(23(32)33-15-24(25,26)27)13-20(28-21(29)11-12-22(30)31)14-17-7-9-19(10-8-17)18-5-3-2-4-6-18/h2-10,16,20H,11-15H2,1H3,(H,28,29)(H,30,31). The Balaban J connectivity index is 2.07. The van der Waals surface area contributed by atoms with Gasteiger partial charge in [0.15, 0.2) is 6.61 Å². The van der Waals surface area contributed by atoms with Crippen LogP contribution in [0.1, 0.15) is 31.7 Å². The molecule has 2 unspecified atom stereocenters. The highest BCUT2D eigenvalue weighted by Gasteiger charge is 2.31. The Labute approximate surface area is 189 Å². The maximum atomic E-state index is 12.3. The molecule has 0 fully saturated rings. The van der Waals surface area contributed by atoms with Gasteiger partial charge in [-0.2, -0.15) is 13.2 Å². The van der Waals surface area contributed by atoms with Crippen LogP contribution in [0.25, 0.3) is 11.1 Å². The maximum absolute atomic E-state index is 12.3. The number of alkyl halides is 3. The number of carbonyl (C=O) groups excluding carboxylic acids is 2. The van der Waals surface area contributed by atoms with E-state index in [1.54, 1.807) is 0 Å². The Kier molecular flexibility index (Phi) is 9.44. The van der Waals surface area contributed by atoms with Crippen molar-refractivity contribution < 1.29 is 37.4 Å². The highest BCUT2D eigenvalue weighted by molar-refractivity contribution is 5.81. The monoisotopic (exact) mass is 465 g/mol. The number of rotatable bonds is 11. The fourth-order valence-corrected chi connectivity index (χ4v) is 3.28. The molecule has 33 heavy (non-hydrogen) atoms. The predicted molar refractivity (Wildman–Crippen MR) is 115 cm³/mol. The summed E-state index contributed by atoms with van der Waals surface area (Å²) in [5.74, 6) is -3.56. The Morgan fingerprint density at radius 2 is 1.58 bits per heavy atom. The first kappa shape index (κ1) is 25.9. The van der Waals surface area contributed by atoms with E-state index in [1.807, 2.05) is 54.6 Å². The van der Waals surface area contributed by atoms with Gasteiger partial charge >= 0.3 is 18.1 Å². The number of nitrogens with one attached hydrogen (secondary N) is 1. The number of carbonyl (C=O) groups is 3. The Hall–Kier alpha value is -3.36. The number of hydrogen-bond donors (Lipinski definition) is 2. The lowest BCUT2D eigenvalue weighted by atomic mass is 9.94. The molecule has 0 spiro atoms. The molecule has 2 atom stereocenters. The molecule has 2 aromatic carbocycles. The van der Waals surface area contributed by atoms with E-state index in [-0.39, 0.29) is 19.3 Å². The predicted octanol–water partition coefficient (Wildman–Crippen LogP) is 4.38. The number of halogens is 3. The zero-order valence-electron chi connectivity index (χ0n) is 18.1. The molecule has 0 saturated heterocycles. The first-order valence-electron chi connectivity index (χ1n) is 10.4. The smallest absolute Gasteiger partial charge is 0.422 e. The van der Waals surface area contributed by atoms with Crippen molar-refractivity contribution in [3.63, 3.8) is 0 Å². The highest BCUT2D eigenvalue weighted by atomic mass is 19.4. The van der Waals surface area contributed by atoms with Crippen molar-refractivity contribution in [1.29, 1.82) is 0 Å². The average molecular weight is 465 g/mol. The van der Waals surface area contributed by atoms with E-state index in [0.717, 1.165) is 16.7 Å². The van der Waals surface area contributed by atoms with Crippen molar-refractivity contribution in [1.82, 2.24) is 5.32 Å². The van der Waals surface area contributed by atoms with Gasteiger partial charge in [-0.15, -0.1) is 0 Å². The van der Waals surface area contributed by atoms with Crippen LogP contribution in [0.3, 0.4) is 0 Å². The second-order valence-electron chi connectivity index (χ2n) is 7.78. The van der Waals surface area contributed by atoms with Gasteiger partial charge in [0, 0.05) is 12.5 Å². The van der Waals surface area contributed by atoms with E-state index >= 15 is 0 Å². The zero-order valence-corrected chi connectivity index (χ0v) is 18.1. The fourth-order valence-electron chi connectivity index (χ4n) is 3.28. The fraction of sp³-hybridized carbons (Fsp3) is 0.375. The highest BCUT2D eigenvalue weighted by Crippen LogP contribution is 2.21. The van der Waals surface area contributed by atoms with Crippen LogP contribution < -0.4 is 5.32 Å². The average Bonchev–Trinajstić information content (AvgIpc) is 2.76. The zero-order chi connectivity index (χ0) is 24.4. The van der Waals surface area contributed by atoms with Crippen molar-refractivity contribution in [2.45, 2.75) is 44.8 Å². The first-order chi connectivity index (χ1) is 15.5. The summed E-state index contributed by atoms with van der Waals surface area (Å²) in [6, 6.07) is 16.7. The number of ether oxygens (including phenoxy) is 1. The molecule has 0 aliphatic carbocycles. The molecule has 0 aliphatic rings. The Morgan fingerprint density at radius 3 is 2.15 bits per heavy atom. The third-order valence-electron chi connectivity index (χ3n) is 4.89. The van der Waals surface area contributed by atoms with Crippen LogP contribution in [0.5, 0.6) is 0 Å². The number of carboxylic acid groups (broad SMARTS) is 1. The number of aliphatic carboxylic acids is 1. The number of esters is 1. The molecule has 6 nitrogen and oxygen atoms in total. The molecule has 2 aromatic rings. The van der Waals surface area contributed by atoms with Gasteiger partial charge in [0.2, 0.25) is 5.91 Å². The molecule has 0 aromatic heterocycles. The molecule has 2 rings (SSSR count). The van der Waals surface area contributed by atoms with Crippen LogP contribution in [0.4, 0.5) is 13.2 Å². The number of hydrogen-bond acceptors (Lipinski definition) is 4. The van der Waals surface area contributed by atoms with Crippen molar-refractivity contribution in [2.75, 3.05) is 6.61 Å². The van der Waals surface area contributed by atoms with Gasteiger partial charge in [-0.25, -0.2) is 0 Å². The second kappa shape index (κ2) is 12.0. The number of carboxylic acids is 1. The summed E-state index contributed by atoms with van der Waals surface area (Å²) in [6.45, 7) is -0.250. The van der Waals surface area contributed by atoms with Crippen LogP contribution in [0, 0.1) is 5.92 Å². The van der Waals surface area contributed by atoms with Gasteiger partial charge in [0.25, 0.3) is 0 Å². The van der Waals surface area contributed by atoms with Crippen LogP contribution in [-0.4, -0.2) is 41.8 Å². The summed E-state index contributed by atoms with van der Waals surface area (Å²) in [4.78, 5) is 34.8. The minimum Gasteiger partial charge on any atom is -0.481 e. The van der Waals surface area contributed by atoms with E-state index in [0.29, 0.717) is 6.42 Å². The van der Waals surface area contributed by atoms with E-state index < -0.39 is 42.6 Å². The molecular weight excluding hydrogens is 439 g/mol. The minimum atomic E-state index is -4.62. The molecule has 0 bridgehead atoms. The summed E-state index contributed by atoms with van der Waals surface area (Å²) in [5, 5.41) is 11.5. The van der Waals surface area contributed by atoms with Crippen molar-refractivity contribution in [3.05, 3.63) is 60.2 Å². The molecule has 0 saturated carbocycles. The first-order valence-corrected chi connectivity index (χ1v) is 10.4. The topological polar surface area (TPSA) is 92.7 Å². The van der Waals surface area contributed by atoms with E-state index in [1.165, 1.54) is 6.92 Å². The molecule has 1 amide bonds. The van der Waals surface area contributed by atoms with Crippen LogP contribution >= 0.6 is 0 Å². The van der Waals surface area contributed by atoms with Crippen molar-refractivity contribution >= 4 is 17.8 Å². The molecule has 9 heteroatoms. The van der Waals surface area contributed by atoms with Gasteiger partial charge in [0.05, 0.1) is 12.3 Å². The Morgan fingerprint density at radius 1 is 0.970 bits per heavy atom. The summed E-state index contributed by atoms with van der Waals surface area (Å²) in [7, 11) is 0. The van der Waals surface area contributed by atoms with Crippen molar-refractivity contribution in [2.24, 2.45) is 5.92 Å². The second-order valence-corrected chi connectivity index (χ2v) is 7.78. The summed E-state index contributed by atoms with van der Waals surface area (Å²) in [6.07, 6.45) is -4.87. The third kappa shape index (κ3) is 9.76. The maximum Gasteiger partial charge on any atom is 0.422 e. The minimum absolute atomic E-state index is 0.0376. The summed E-state index contributed by atoms with van der Waals surface area (Å²) < 4.78 is 41.3. The van der Waals surface area contributed by atoms with Gasteiger partial charge in [-0.1, -0.05) is 61.5 Å². The van der Waals surface area contributed by atoms with Gasteiger partial charge < -0.3 is 15.2 Å². The van der Waals surface area contributed by atoms with Gasteiger partial charge in [-0.3, -0.25) is 14.4 Å². The summed E-state index contributed by atoms with van der Waals surface area (Å²) in [5.41, 5.74) is 2.86. The van der Waals surface area contributed by atoms with E-state index in [2.05, 4.69) is 10.1 Å². The van der Waals surface area contributed by atoms with Gasteiger partial charge in [0.1, 0.15) is 0 Å². The lowest BCUT2D eigenvalue weighted by Gasteiger charge is -2.22. The van der Waals surface area contributed by atoms with E-state index in [4.69, 9.17) is 5.11 Å². The molecule has 2 N–H and O–H groups in total. The van der Waals surface area contributed by atoms with E-state index in [9.17, 15) is 27.6 Å². The molecule has 0 radical (unpaired) electrons. The quantitative estimate of drug-likeness (QED) is 0.481. The van der Waals surface area contributed by atoms with Crippen molar-refractivity contribution in [3.8, 4) is 11.1 Å². The molecule has 0 heterocycles. The normalized spacial score (nSPS) is 13.1. The van der Waals surface area contributed by atoms with Crippen LogP contribution in [-0.2, 0) is 25.5 Å². The summed E-state index contributed by atoms with van der Waals surface area (Å²) >= 11 is 0. The van der Waals surface area contributed by atoms with Crippen LogP contribution in [0.2, 0.25) is 0 Å². The molecule has 0 aliphatic heterocycles. The SMILES string of the molecule is CC(CC(Cc1ccc(-c2ccccc2)cc1)NC(=O)CCC(=O)O)C(=O)OCC(F)(F)F. The van der Waals surface area contributed by atoms with Crippen LogP contribution in [0.15, 0.2) is 54.6 Å². The molecule has 178 valence electrons.